The SMILES string of the molecule is O=C(c1ccc(Cl)cc1)[C@@H]1[C@@H]2C(=O)N(c3ccc(F)cc3)C(=O)[C@@H]2[C@H]2CCC[NH+]21. The summed E-state index contributed by atoms with van der Waals surface area (Å²) >= 11 is 5.95. The van der Waals surface area contributed by atoms with Crippen LogP contribution in [0, 0.1) is 17.7 Å². The number of hydrogen-bond acceptors (Lipinski definition) is 3. The second-order valence-corrected chi connectivity index (χ2v) is 8.40. The second-order valence-electron chi connectivity index (χ2n) is 7.96. The Bertz CT molecular complexity index is 1010. The average Bonchev–Trinajstić information content (AvgIpc) is 3.35. The topological polar surface area (TPSA) is 58.9 Å². The molecule has 0 saturated carbocycles. The van der Waals surface area contributed by atoms with E-state index in [1.807, 2.05) is 0 Å². The van der Waals surface area contributed by atoms with Crippen molar-refractivity contribution in [2.75, 3.05) is 11.4 Å². The third-order valence-electron chi connectivity index (χ3n) is 6.54. The molecule has 0 bridgehead atoms. The number of carbonyl (C=O) groups excluding carboxylic acids is 3. The van der Waals surface area contributed by atoms with Gasteiger partial charge in [-0.05, 0) is 48.5 Å². The number of Topliss-reactive ketones (excluding diaryl/α,β-unsaturated/α-hetero) is 1. The van der Waals surface area contributed by atoms with Gasteiger partial charge in [0.15, 0.2) is 6.04 Å². The number of halogens is 2. The number of ketones is 1. The average molecular weight is 414 g/mol. The number of amides is 2. The molecule has 148 valence electrons. The predicted octanol–water partition coefficient (Wildman–Crippen LogP) is 1.90. The predicted molar refractivity (Wildman–Crippen MR) is 104 cm³/mol. The Kier molecular flexibility index (Phi) is 4.29. The quantitative estimate of drug-likeness (QED) is 0.617. The van der Waals surface area contributed by atoms with Gasteiger partial charge in [-0.1, -0.05) is 11.6 Å². The Hall–Kier alpha value is -2.57. The Morgan fingerprint density at radius 3 is 2.34 bits per heavy atom. The van der Waals surface area contributed by atoms with Crippen molar-refractivity contribution in [3.05, 3.63) is 64.9 Å². The maximum Gasteiger partial charge on any atom is 0.244 e. The number of nitrogens with zero attached hydrogens (tertiary/aromatic N) is 1. The van der Waals surface area contributed by atoms with E-state index in [4.69, 9.17) is 11.6 Å². The van der Waals surface area contributed by atoms with Crippen molar-refractivity contribution in [1.82, 2.24) is 0 Å². The van der Waals surface area contributed by atoms with E-state index in [-0.39, 0.29) is 23.6 Å². The summed E-state index contributed by atoms with van der Waals surface area (Å²) in [6, 6.07) is 11.3. The van der Waals surface area contributed by atoms with Crippen LogP contribution in [0.4, 0.5) is 10.1 Å². The van der Waals surface area contributed by atoms with Crippen LogP contribution in [0.15, 0.2) is 48.5 Å². The van der Waals surface area contributed by atoms with Gasteiger partial charge in [-0.3, -0.25) is 14.4 Å². The smallest absolute Gasteiger partial charge is 0.244 e. The fourth-order valence-electron chi connectivity index (χ4n) is 5.38. The molecule has 29 heavy (non-hydrogen) atoms. The highest BCUT2D eigenvalue weighted by Gasteiger charge is 2.68. The van der Waals surface area contributed by atoms with Crippen molar-refractivity contribution in [3.8, 4) is 0 Å². The molecule has 7 heteroatoms. The zero-order valence-electron chi connectivity index (χ0n) is 15.5. The zero-order valence-corrected chi connectivity index (χ0v) is 16.2. The van der Waals surface area contributed by atoms with E-state index in [1.165, 1.54) is 24.3 Å². The molecule has 3 aliphatic heterocycles. The Balaban J connectivity index is 1.54. The van der Waals surface area contributed by atoms with E-state index in [1.54, 1.807) is 24.3 Å². The van der Waals surface area contributed by atoms with Crippen LogP contribution in [0.25, 0.3) is 0 Å². The van der Waals surface area contributed by atoms with Gasteiger partial charge >= 0.3 is 0 Å². The first-order valence-electron chi connectivity index (χ1n) is 9.76. The molecule has 0 radical (unpaired) electrons. The van der Waals surface area contributed by atoms with Gasteiger partial charge in [0, 0.05) is 23.4 Å². The highest BCUT2D eigenvalue weighted by Crippen LogP contribution is 2.40. The van der Waals surface area contributed by atoms with E-state index >= 15 is 0 Å². The monoisotopic (exact) mass is 413 g/mol. The van der Waals surface area contributed by atoms with Crippen molar-refractivity contribution in [1.29, 1.82) is 0 Å². The Morgan fingerprint density at radius 2 is 1.66 bits per heavy atom. The van der Waals surface area contributed by atoms with Crippen molar-refractivity contribution in [2.24, 2.45) is 11.8 Å². The molecule has 2 amide bonds. The summed E-state index contributed by atoms with van der Waals surface area (Å²) in [5.74, 6) is -2.39. The van der Waals surface area contributed by atoms with E-state index < -0.39 is 23.7 Å². The van der Waals surface area contributed by atoms with Gasteiger partial charge in [-0.25, -0.2) is 9.29 Å². The van der Waals surface area contributed by atoms with Crippen LogP contribution in [0.5, 0.6) is 0 Å². The number of imide groups is 1. The molecular weight excluding hydrogens is 395 g/mol. The van der Waals surface area contributed by atoms with E-state index in [0.29, 0.717) is 16.3 Å². The molecule has 2 aromatic carbocycles. The van der Waals surface area contributed by atoms with E-state index in [9.17, 15) is 18.8 Å². The number of rotatable bonds is 3. The standard InChI is InChI=1S/C22H18ClFN2O3/c23-13-5-3-12(4-6-13)20(27)19-18-17(16-2-1-11-25(16)19)21(28)26(22(18)29)15-9-7-14(24)8-10-15/h3-10,16-19H,1-2,11H2/p+1/t16-,17-,18-,19+/m1/s1. The molecule has 5 atom stereocenters. The number of carbonyl (C=O) groups is 3. The summed E-state index contributed by atoms with van der Waals surface area (Å²) in [4.78, 5) is 42.2. The lowest BCUT2D eigenvalue weighted by Gasteiger charge is -2.25. The van der Waals surface area contributed by atoms with Crippen molar-refractivity contribution >= 4 is 34.9 Å². The summed E-state index contributed by atoms with van der Waals surface area (Å²) in [6.45, 7) is 0.777. The van der Waals surface area contributed by atoms with Crippen molar-refractivity contribution in [2.45, 2.75) is 24.9 Å². The Morgan fingerprint density at radius 1 is 1.00 bits per heavy atom. The summed E-state index contributed by atoms with van der Waals surface area (Å²) in [7, 11) is 0. The molecule has 0 aromatic heterocycles. The lowest BCUT2D eigenvalue weighted by atomic mass is 9.85. The van der Waals surface area contributed by atoms with Crippen LogP contribution in [0.1, 0.15) is 23.2 Å². The number of anilines is 1. The molecule has 3 heterocycles. The van der Waals surface area contributed by atoms with Gasteiger partial charge in [0.25, 0.3) is 0 Å². The lowest BCUT2D eigenvalue weighted by Crippen LogP contribution is -3.16. The molecule has 3 aliphatic rings. The number of hydrogen-bond donors (Lipinski definition) is 1. The van der Waals surface area contributed by atoms with Gasteiger partial charge in [0.05, 0.1) is 12.2 Å². The fourth-order valence-corrected chi connectivity index (χ4v) is 5.51. The number of fused-ring (bicyclic) bond motifs is 3. The molecule has 3 fully saturated rings. The number of nitrogens with one attached hydrogen (secondary N) is 1. The molecule has 5 rings (SSSR count). The first kappa shape index (κ1) is 18.5. The fraction of sp³-hybridized carbons (Fsp3) is 0.318. The van der Waals surface area contributed by atoms with Crippen LogP contribution >= 0.6 is 11.6 Å². The molecule has 0 aliphatic carbocycles. The molecule has 5 nitrogen and oxygen atoms in total. The molecule has 1 N–H and O–H groups in total. The minimum Gasteiger partial charge on any atom is -0.322 e. The summed E-state index contributed by atoms with van der Waals surface area (Å²) in [5, 5.41) is 0.534. The molecule has 0 spiro atoms. The van der Waals surface area contributed by atoms with Gasteiger partial charge in [-0.2, -0.15) is 0 Å². The number of benzene rings is 2. The molecule has 1 unspecified atom stereocenters. The normalized spacial score (nSPS) is 30.6. The first-order chi connectivity index (χ1) is 14.0. The summed E-state index contributed by atoms with van der Waals surface area (Å²) < 4.78 is 13.3. The minimum atomic E-state index is -0.684. The largest absolute Gasteiger partial charge is 0.322 e. The van der Waals surface area contributed by atoms with Gasteiger partial charge < -0.3 is 4.90 Å². The van der Waals surface area contributed by atoms with E-state index in [0.717, 1.165) is 29.2 Å². The van der Waals surface area contributed by atoms with Crippen LogP contribution in [-0.2, 0) is 9.59 Å². The van der Waals surface area contributed by atoms with Gasteiger partial charge in [0.2, 0.25) is 17.6 Å². The second kappa shape index (κ2) is 6.75. The summed E-state index contributed by atoms with van der Waals surface area (Å²) in [6.07, 6.45) is 1.74. The first-order valence-corrected chi connectivity index (χ1v) is 10.1. The van der Waals surface area contributed by atoms with Crippen LogP contribution in [0.3, 0.4) is 0 Å². The van der Waals surface area contributed by atoms with Gasteiger partial charge in [-0.15, -0.1) is 0 Å². The Labute approximate surface area is 172 Å². The van der Waals surface area contributed by atoms with Crippen LogP contribution < -0.4 is 9.80 Å². The summed E-state index contributed by atoms with van der Waals surface area (Å²) in [5.41, 5.74) is 0.853. The third kappa shape index (κ3) is 2.74. The lowest BCUT2D eigenvalue weighted by molar-refractivity contribution is -0.915. The molecule has 2 aromatic rings. The van der Waals surface area contributed by atoms with Crippen LogP contribution in [-0.4, -0.2) is 36.2 Å². The third-order valence-corrected chi connectivity index (χ3v) is 6.79. The zero-order chi connectivity index (χ0) is 20.3. The van der Waals surface area contributed by atoms with Crippen molar-refractivity contribution < 1.29 is 23.7 Å². The van der Waals surface area contributed by atoms with Crippen LogP contribution in [0.2, 0.25) is 5.02 Å². The molecular formula is C22H19ClFN2O3+. The van der Waals surface area contributed by atoms with Crippen molar-refractivity contribution in [3.63, 3.8) is 0 Å². The maximum absolute atomic E-state index is 13.4. The minimum absolute atomic E-state index is 0.0388. The van der Waals surface area contributed by atoms with Gasteiger partial charge in [0.1, 0.15) is 23.7 Å². The highest BCUT2D eigenvalue weighted by atomic mass is 35.5. The molecule has 3 saturated heterocycles. The highest BCUT2D eigenvalue weighted by molar-refractivity contribution is 6.30. The number of quaternary nitrogens is 1. The van der Waals surface area contributed by atoms with E-state index in [2.05, 4.69) is 0 Å². The maximum atomic E-state index is 13.4.